The van der Waals surface area contributed by atoms with Crippen molar-refractivity contribution in [2.24, 2.45) is 0 Å². The molecule has 0 aliphatic heterocycles. The maximum absolute atomic E-state index is 2.52. The molecule has 0 spiro atoms. The fourth-order valence-corrected chi connectivity index (χ4v) is 9.55. The summed E-state index contributed by atoms with van der Waals surface area (Å²) in [5, 5.41) is 4.92. The van der Waals surface area contributed by atoms with E-state index in [2.05, 4.69) is 226 Å². The molecule has 0 heterocycles. The molecule has 1 nitrogen and oxygen atoms in total. The van der Waals surface area contributed by atoms with Crippen molar-refractivity contribution < 1.29 is 0 Å². The second-order valence-electron chi connectivity index (χ2n) is 15.5. The lowest BCUT2D eigenvalue weighted by atomic mass is 9.67. The number of aryl methyl sites for hydroxylation is 1. The molecular formula is C55H43N. The highest BCUT2D eigenvalue weighted by atomic mass is 15.1. The molecule has 0 aromatic heterocycles. The van der Waals surface area contributed by atoms with E-state index in [1.54, 1.807) is 0 Å². The van der Waals surface area contributed by atoms with Gasteiger partial charge in [0.25, 0.3) is 0 Å². The molecule has 268 valence electrons. The van der Waals surface area contributed by atoms with E-state index in [-0.39, 0.29) is 0 Å². The molecule has 0 unspecified atom stereocenters. The minimum absolute atomic E-state index is 0.353. The maximum Gasteiger partial charge on any atom is 0.0714 e. The SMILES string of the molecule is Cc1cccc2c1-c1ccc(N(c3ccc4ccccc4c3)c3ccc4ccccc4c3-c3ccccc3C(C)C)cc1C2(c1ccccc1)c1ccccc1. The van der Waals surface area contributed by atoms with Gasteiger partial charge in [-0.2, -0.15) is 0 Å². The summed E-state index contributed by atoms with van der Waals surface area (Å²) in [5.74, 6) is 0.353. The average Bonchev–Trinajstić information content (AvgIpc) is 3.55. The predicted molar refractivity (Wildman–Crippen MR) is 238 cm³/mol. The number of fused-ring (bicyclic) bond motifs is 5. The van der Waals surface area contributed by atoms with Gasteiger partial charge in [-0.05, 0) is 115 Å². The van der Waals surface area contributed by atoms with Gasteiger partial charge in [0.15, 0.2) is 0 Å². The first-order valence-corrected chi connectivity index (χ1v) is 19.8. The lowest BCUT2D eigenvalue weighted by molar-refractivity contribution is 0.768. The summed E-state index contributed by atoms with van der Waals surface area (Å²) >= 11 is 0. The average molecular weight is 718 g/mol. The van der Waals surface area contributed by atoms with Gasteiger partial charge in [-0.3, -0.25) is 0 Å². The highest BCUT2D eigenvalue weighted by Crippen LogP contribution is 2.58. The lowest BCUT2D eigenvalue weighted by Gasteiger charge is -2.35. The molecule has 0 saturated carbocycles. The van der Waals surface area contributed by atoms with Crippen LogP contribution in [0.25, 0.3) is 43.8 Å². The first-order chi connectivity index (χ1) is 27.5. The van der Waals surface area contributed by atoms with Gasteiger partial charge in [-0.15, -0.1) is 0 Å². The Kier molecular flexibility index (Phi) is 8.19. The number of hydrogen-bond donors (Lipinski definition) is 0. The van der Waals surface area contributed by atoms with Crippen molar-refractivity contribution in [1.82, 2.24) is 0 Å². The Hall–Kier alpha value is -6.70. The number of benzene rings is 9. The van der Waals surface area contributed by atoms with E-state index in [0.717, 1.165) is 17.1 Å². The summed E-state index contributed by atoms with van der Waals surface area (Å²) in [6.45, 7) is 6.87. The summed E-state index contributed by atoms with van der Waals surface area (Å²) in [7, 11) is 0. The Morgan fingerprint density at radius 2 is 1.04 bits per heavy atom. The molecule has 56 heavy (non-hydrogen) atoms. The third-order valence-corrected chi connectivity index (χ3v) is 12.0. The fraction of sp³-hybridized carbons (Fsp3) is 0.0909. The van der Waals surface area contributed by atoms with Crippen LogP contribution in [0, 0.1) is 6.92 Å². The molecule has 1 heteroatoms. The minimum Gasteiger partial charge on any atom is -0.310 e. The van der Waals surface area contributed by atoms with Crippen molar-refractivity contribution in [3.05, 3.63) is 234 Å². The van der Waals surface area contributed by atoms with Gasteiger partial charge in [0.1, 0.15) is 0 Å². The summed E-state index contributed by atoms with van der Waals surface area (Å²) in [5.41, 5.74) is 15.8. The highest BCUT2D eigenvalue weighted by Gasteiger charge is 2.47. The van der Waals surface area contributed by atoms with Crippen LogP contribution in [0.2, 0.25) is 0 Å². The monoisotopic (exact) mass is 717 g/mol. The van der Waals surface area contributed by atoms with Crippen molar-refractivity contribution in [3.63, 3.8) is 0 Å². The lowest BCUT2D eigenvalue weighted by Crippen LogP contribution is -2.28. The third kappa shape index (κ3) is 5.23. The van der Waals surface area contributed by atoms with E-state index in [9.17, 15) is 0 Å². The van der Waals surface area contributed by atoms with Crippen LogP contribution >= 0.6 is 0 Å². The van der Waals surface area contributed by atoms with Crippen LogP contribution in [0.4, 0.5) is 17.1 Å². The summed E-state index contributed by atoms with van der Waals surface area (Å²) in [6.07, 6.45) is 0. The Bertz CT molecular complexity index is 2860. The zero-order valence-corrected chi connectivity index (χ0v) is 32.1. The summed E-state index contributed by atoms with van der Waals surface area (Å²) < 4.78 is 0. The molecule has 0 amide bonds. The van der Waals surface area contributed by atoms with E-state index in [0.29, 0.717) is 5.92 Å². The van der Waals surface area contributed by atoms with Crippen LogP contribution < -0.4 is 4.90 Å². The Balaban J connectivity index is 1.32. The quantitative estimate of drug-likeness (QED) is 0.159. The topological polar surface area (TPSA) is 3.24 Å². The molecular weight excluding hydrogens is 675 g/mol. The van der Waals surface area contributed by atoms with Gasteiger partial charge < -0.3 is 4.90 Å². The smallest absolute Gasteiger partial charge is 0.0714 e. The molecule has 1 aliphatic carbocycles. The van der Waals surface area contributed by atoms with Crippen LogP contribution in [0.1, 0.15) is 53.1 Å². The fourth-order valence-electron chi connectivity index (χ4n) is 9.55. The Morgan fingerprint density at radius 1 is 0.429 bits per heavy atom. The van der Waals surface area contributed by atoms with Crippen LogP contribution in [-0.4, -0.2) is 0 Å². The first-order valence-electron chi connectivity index (χ1n) is 19.8. The van der Waals surface area contributed by atoms with Gasteiger partial charge in [-0.25, -0.2) is 0 Å². The van der Waals surface area contributed by atoms with Crippen molar-refractivity contribution in [2.45, 2.75) is 32.1 Å². The number of nitrogens with zero attached hydrogens (tertiary/aromatic N) is 1. The van der Waals surface area contributed by atoms with Crippen molar-refractivity contribution in [3.8, 4) is 22.3 Å². The molecule has 0 saturated heterocycles. The van der Waals surface area contributed by atoms with E-state index < -0.39 is 5.41 Å². The van der Waals surface area contributed by atoms with Crippen molar-refractivity contribution in [2.75, 3.05) is 4.90 Å². The van der Waals surface area contributed by atoms with Crippen LogP contribution in [0.15, 0.2) is 200 Å². The zero-order valence-electron chi connectivity index (χ0n) is 32.1. The maximum atomic E-state index is 2.52. The number of anilines is 3. The largest absolute Gasteiger partial charge is 0.310 e. The van der Waals surface area contributed by atoms with Gasteiger partial charge in [0.2, 0.25) is 0 Å². The third-order valence-electron chi connectivity index (χ3n) is 12.0. The number of rotatable bonds is 7. The Morgan fingerprint density at radius 3 is 1.79 bits per heavy atom. The molecule has 0 bridgehead atoms. The van der Waals surface area contributed by atoms with Crippen molar-refractivity contribution in [1.29, 1.82) is 0 Å². The van der Waals surface area contributed by atoms with Gasteiger partial charge >= 0.3 is 0 Å². The van der Waals surface area contributed by atoms with Crippen LogP contribution in [0.5, 0.6) is 0 Å². The molecule has 0 radical (unpaired) electrons. The molecule has 0 N–H and O–H groups in total. The van der Waals surface area contributed by atoms with E-state index >= 15 is 0 Å². The molecule has 9 aromatic rings. The molecule has 1 aliphatic rings. The second kappa shape index (κ2) is 13.6. The second-order valence-corrected chi connectivity index (χ2v) is 15.5. The Labute approximate surface area is 330 Å². The zero-order chi connectivity index (χ0) is 37.8. The summed E-state index contributed by atoms with van der Waals surface area (Å²) in [6, 6.07) is 74.4. The standard InChI is InChI=1S/C55H43N/c1-37(2)46-25-14-15-27-48(46)54-47-26-13-12-19-40(47)30-34-52(54)56(44-31-29-39-18-10-11-20-41(39)35-44)45-32-33-49-51(36-45)55(42-21-6-4-7-22-42,43-23-8-5-9-24-43)50-28-16-17-38(3)53(49)50/h4-37H,1-3H3. The minimum atomic E-state index is -0.513. The molecule has 0 atom stereocenters. The summed E-state index contributed by atoms with van der Waals surface area (Å²) in [4.78, 5) is 2.52. The molecule has 10 rings (SSSR count). The predicted octanol–water partition coefficient (Wildman–Crippen LogP) is 14.9. The van der Waals surface area contributed by atoms with E-state index in [4.69, 9.17) is 0 Å². The molecule has 9 aromatic carbocycles. The van der Waals surface area contributed by atoms with Gasteiger partial charge in [-0.1, -0.05) is 184 Å². The molecule has 0 fully saturated rings. The van der Waals surface area contributed by atoms with E-state index in [1.807, 2.05) is 0 Å². The van der Waals surface area contributed by atoms with Crippen LogP contribution in [-0.2, 0) is 5.41 Å². The number of hydrogen-bond acceptors (Lipinski definition) is 1. The van der Waals surface area contributed by atoms with Crippen molar-refractivity contribution >= 4 is 38.6 Å². The highest BCUT2D eigenvalue weighted by molar-refractivity contribution is 6.06. The normalized spacial score (nSPS) is 12.9. The van der Waals surface area contributed by atoms with E-state index in [1.165, 1.54) is 77.2 Å². The van der Waals surface area contributed by atoms with Gasteiger partial charge in [0.05, 0.1) is 11.1 Å². The first kappa shape index (κ1) is 33.8. The van der Waals surface area contributed by atoms with Gasteiger partial charge in [0, 0.05) is 16.9 Å². The van der Waals surface area contributed by atoms with Crippen LogP contribution in [0.3, 0.4) is 0 Å².